The molecule has 0 aromatic heterocycles. The van der Waals surface area contributed by atoms with Crippen LogP contribution in [0, 0.1) is 13.8 Å². The first-order valence-corrected chi connectivity index (χ1v) is 11.7. The monoisotopic (exact) mass is 432 g/mol. The highest BCUT2D eigenvalue weighted by Crippen LogP contribution is 2.36. The van der Waals surface area contributed by atoms with Gasteiger partial charge in [-0.05, 0) is 55.2 Å². The minimum absolute atomic E-state index is 0.0706. The second-order valence-electron chi connectivity index (χ2n) is 7.57. The van der Waals surface area contributed by atoms with Crippen LogP contribution in [0.2, 0.25) is 0 Å². The number of hydrogen-bond acceptors (Lipinski definition) is 5. The molecule has 1 aliphatic rings. The minimum atomic E-state index is -3.56. The standard InChI is InChI=1S/C22H28N2O5S/c1-6-17(16-8-10-19(28-4)15(3)12-16)23-22(25)21-13-24(30(5,26)27)18-9-7-14(2)11-20(18)29-21/h7-12,17,21H,6,13H2,1-5H3,(H,23,25)/t17-,21-/m1/s1. The highest BCUT2D eigenvalue weighted by Gasteiger charge is 2.35. The van der Waals surface area contributed by atoms with E-state index in [4.69, 9.17) is 9.47 Å². The molecule has 0 spiro atoms. The maximum Gasteiger partial charge on any atom is 0.263 e. The molecule has 2 aromatic carbocycles. The molecule has 7 nitrogen and oxygen atoms in total. The summed E-state index contributed by atoms with van der Waals surface area (Å²) < 4.78 is 37.1. The number of ether oxygens (including phenoxy) is 2. The molecule has 0 saturated heterocycles. The lowest BCUT2D eigenvalue weighted by Gasteiger charge is -2.34. The van der Waals surface area contributed by atoms with Crippen LogP contribution in [0.15, 0.2) is 36.4 Å². The van der Waals surface area contributed by atoms with E-state index in [0.29, 0.717) is 17.9 Å². The summed E-state index contributed by atoms with van der Waals surface area (Å²) in [5.41, 5.74) is 3.30. The van der Waals surface area contributed by atoms with E-state index in [9.17, 15) is 13.2 Å². The Morgan fingerprint density at radius 1 is 1.27 bits per heavy atom. The summed E-state index contributed by atoms with van der Waals surface area (Å²) in [6, 6.07) is 10.8. The maximum atomic E-state index is 13.0. The van der Waals surface area contributed by atoms with Crippen molar-refractivity contribution in [1.29, 1.82) is 0 Å². The number of nitrogens with one attached hydrogen (secondary N) is 1. The lowest BCUT2D eigenvalue weighted by molar-refractivity contribution is -0.128. The van der Waals surface area contributed by atoms with Crippen LogP contribution in [-0.2, 0) is 14.8 Å². The molecule has 1 aliphatic heterocycles. The van der Waals surface area contributed by atoms with Crippen LogP contribution in [-0.4, -0.2) is 40.3 Å². The Balaban J connectivity index is 1.84. The van der Waals surface area contributed by atoms with Gasteiger partial charge in [0, 0.05) is 0 Å². The van der Waals surface area contributed by atoms with Crippen LogP contribution < -0.4 is 19.1 Å². The number of carbonyl (C=O) groups excluding carboxylic acids is 1. The highest BCUT2D eigenvalue weighted by atomic mass is 32.2. The van der Waals surface area contributed by atoms with Crippen molar-refractivity contribution < 1.29 is 22.7 Å². The number of sulfonamides is 1. The molecular weight excluding hydrogens is 404 g/mol. The fourth-order valence-electron chi connectivity index (χ4n) is 3.62. The lowest BCUT2D eigenvalue weighted by Crippen LogP contribution is -2.51. The summed E-state index contributed by atoms with van der Waals surface area (Å²) in [6.45, 7) is 5.74. The predicted molar refractivity (Wildman–Crippen MR) is 117 cm³/mol. The van der Waals surface area contributed by atoms with Crippen molar-refractivity contribution in [2.24, 2.45) is 0 Å². The van der Waals surface area contributed by atoms with Crippen LogP contribution in [0.25, 0.3) is 0 Å². The fraction of sp³-hybridized carbons (Fsp3) is 0.409. The van der Waals surface area contributed by atoms with Crippen molar-refractivity contribution in [3.05, 3.63) is 53.1 Å². The van der Waals surface area contributed by atoms with Crippen molar-refractivity contribution >= 4 is 21.6 Å². The smallest absolute Gasteiger partial charge is 0.263 e. The van der Waals surface area contributed by atoms with Gasteiger partial charge < -0.3 is 14.8 Å². The van der Waals surface area contributed by atoms with Gasteiger partial charge in [0.15, 0.2) is 6.10 Å². The van der Waals surface area contributed by atoms with E-state index >= 15 is 0 Å². The van der Waals surface area contributed by atoms with Crippen molar-refractivity contribution in [2.75, 3.05) is 24.2 Å². The molecule has 3 rings (SSSR count). The molecule has 30 heavy (non-hydrogen) atoms. The molecule has 0 fully saturated rings. The zero-order valence-corrected chi connectivity index (χ0v) is 18.7. The number of rotatable bonds is 6. The van der Waals surface area contributed by atoms with Crippen LogP contribution in [0.3, 0.4) is 0 Å². The average molecular weight is 433 g/mol. The molecule has 1 heterocycles. The zero-order valence-electron chi connectivity index (χ0n) is 17.9. The molecule has 0 unspecified atom stereocenters. The summed E-state index contributed by atoms with van der Waals surface area (Å²) in [5.74, 6) is 0.822. The Hall–Kier alpha value is -2.74. The topological polar surface area (TPSA) is 84.9 Å². The molecule has 0 bridgehead atoms. The number of amides is 1. The van der Waals surface area contributed by atoms with Gasteiger partial charge in [-0.15, -0.1) is 0 Å². The Morgan fingerprint density at radius 3 is 2.60 bits per heavy atom. The number of benzene rings is 2. The average Bonchev–Trinajstić information content (AvgIpc) is 2.69. The lowest BCUT2D eigenvalue weighted by atomic mass is 10.0. The second kappa shape index (κ2) is 8.55. The van der Waals surface area contributed by atoms with E-state index in [1.165, 1.54) is 4.31 Å². The first-order valence-electron chi connectivity index (χ1n) is 9.84. The van der Waals surface area contributed by atoms with Gasteiger partial charge in [-0.2, -0.15) is 0 Å². The van der Waals surface area contributed by atoms with Gasteiger partial charge in [-0.25, -0.2) is 8.42 Å². The minimum Gasteiger partial charge on any atom is -0.496 e. The number of methoxy groups -OCH3 is 1. The normalized spacial score (nSPS) is 17.0. The molecule has 0 saturated carbocycles. The summed E-state index contributed by atoms with van der Waals surface area (Å²) >= 11 is 0. The number of aryl methyl sites for hydroxylation is 2. The molecule has 0 radical (unpaired) electrons. The number of nitrogens with zero attached hydrogens (tertiary/aromatic N) is 1. The molecule has 2 atom stereocenters. The van der Waals surface area contributed by atoms with E-state index in [2.05, 4.69) is 5.32 Å². The number of fused-ring (bicyclic) bond motifs is 1. The van der Waals surface area contributed by atoms with Crippen LogP contribution in [0.5, 0.6) is 11.5 Å². The molecule has 0 aliphatic carbocycles. The molecule has 1 amide bonds. The first-order chi connectivity index (χ1) is 14.1. The Bertz CT molecular complexity index is 1050. The van der Waals surface area contributed by atoms with Crippen LogP contribution >= 0.6 is 0 Å². The van der Waals surface area contributed by atoms with Gasteiger partial charge in [-0.1, -0.05) is 25.1 Å². The number of anilines is 1. The largest absolute Gasteiger partial charge is 0.496 e. The van der Waals surface area contributed by atoms with E-state index in [1.54, 1.807) is 19.2 Å². The second-order valence-corrected chi connectivity index (χ2v) is 9.48. The molecule has 8 heteroatoms. The number of hydrogen-bond donors (Lipinski definition) is 1. The van der Waals surface area contributed by atoms with Crippen molar-refractivity contribution in [2.45, 2.75) is 39.3 Å². The van der Waals surface area contributed by atoms with Gasteiger partial charge in [0.25, 0.3) is 5.91 Å². The van der Waals surface area contributed by atoms with E-state index in [1.807, 2.05) is 45.0 Å². The van der Waals surface area contributed by atoms with Crippen LogP contribution in [0.1, 0.15) is 36.1 Å². The highest BCUT2D eigenvalue weighted by molar-refractivity contribution is 7.92. The SMILES string of the molecule is CC[C@@H](NC(=O)[C@H]1CN(S(C)(=O)=O)c2ccc(C)cc2O1)c1ccc(OC)c(C)c1. The first kappa shape index (κ1) is 22.0. The maximum absolute atomic E-state index is 13.0. The summed E-state index contributed by atoms with van der Waals surface area (Å²) in [7, 11) is -1.94. The van der Waals surface area contributed by atoms with Gasteiger partial charge in [0.05, 0.1) is 31.6 Å². The van der Waals surface area contributed by atoms with Crippen molar-refractivity contribution in [3.8, 4) is 11.5 Å². The van der Waals surface area contributed by atoms with Gasteiger partial charge in [0.1, 0.15) is 11.5 Å². The third-order valence-corrected chi connectivity index (χ3v) is 6.37. The van der Waals surface area contributed by atoms with Gasteiger partial charge in [-0.3, -0.25) is 9.10 Å². The van der Waals surface area contributed by atoms with E-state index < -0.39 is 16.1 Å². The van der Waals surface area contributed by atoms with Crippen molar-refractivity contribution in [3.63, 3.8) is 0 Å². The molecule has 2 aromatic rings. The summed E-state index contributed by atoms with van der Waals surface area (Å²) in [6.07, 6.45) is 0.865. The molecular formula is C22H28N2O5S. The predicted octanol–water partition coefficient (Wildman–Crippen LogP) is 3.11. The number of carbonyl (C=O) groups is 1. The Morgan fingerprint density at radius 2 is 2.00 bits per heavy atom. The quantitative estimate of drug-likeness (QED) is 0.758. The Kier molecular flexibility index (Phi) is 6.26. The van der Waals surface area contributed by atoms with Gasteiger partial charge >= 0.3 is 0 Å². The van der Waals surface area contributed by atoms with Crippen molar-refractivity contribution in [1.82, 2.24) is 5.32 Å². The zero-order chi connectivity index (χ0) is 22.1. The van der Waals surface area contributed by atoms with Crippen LogP contribution in [0.4, 0.5) is 5.69 Å². The summed E-state index contributed by atoms with van der Waals surface area (Å²) in [4.78, 5) is 13.0. The molecule has 1 N–H and O–H groups in total. The van der Waals surface area contributed by atoms with E-state index in [-0.39, 0.29) is 18.5 Å². The Labute approximate surface area is 178 Å². The van der Waals surface area contributed by atoms with E-state index in [0.717, 1.165) is 28.7 Å². The summed E-state index contributed by atoms with van der Waals surface area (Å²) in [5, 5.41) is 3.01. The van der Waals surface area contributed by atoms with Gasteiger partial charge in [0.2, 0.25) is 10.0 Å². The third kappa shape index (κ3) is 4.53. The molecule has 162 valence electrons. The fourth-order valence-corrected chi connectivity index (χ4v) is 4.53. The third-order valence-electron chi connectivity index (χ3n) is 5.22.